The van der Waals surface area contributed by atoms with Gasteiger partial charge in [0.15, 0.2) is 16.7 Å². The van der Waals surface area contributed by atoms with Crippen LogP contribution in [0.2, 0.25) is 5.02 Å². The molecule has 0 unspecified atom stereocenters. The van der Waals surface area contributed by atoms with Crippen LogP contribution in [-0.4, -0.2) is 95.3 Å². The molecule has 3 aliphatic rings. The van der Waals surface area contributed by atoms with Crippen LogP contribution in [0.3, 0.4) is 0 Å². The molecule has 3 atom stereocenters. The zero-order valence-electron chi connectivity index (χ0n) is 40.4. The molecule has 2 saturated heterocycles. The predicted octanol–water partition coefficient (Wildman–Crippen LogP) is 11.6. The molecule has 3 aliphatic heterocycles. The van der Waals surface area contributed by atoms with E-state index in [1.807, 2.05) is 66.7 Å². The van der Waals surface area contributed by atoms with E-state index in [9.17, 15) is 4.79 Å². The van der Waals surface area contributed by atoms with Crippen molar-refractivity contribution in [3.05, 3.63) is 113 Å². The van der Waals surface area contributed by atoms with E-state index in [0.717, 1.165) is 53.4 Å². The highest BCUT2D eigenvalue weighted by Gasteiger charge is 2.49. The zero-order chi connectivity index (χ0) is 49.6. The van der Waals surface area contributed by atoms with Crippen molar-refractivity contribution in [1.29, 1.82) is 0 Å². The van der Waals surface area contributed by atoms with Gasteiger partial charge in [-0.3, -0.25) is 10.2 Å². The number of carbonyl (C=O) groups excluding carboxylic acids is 1. The number of anilines is 3. The number of benzene rings is 4. The topological polar surface area (TPSA) is 137 Å². The summed E-state index contributed by atoms with van der Waals surface area (Å²) >= 11 is 8.59. The summed E-state index contributed by atoms with van der Waals surface area (Å²) in [4.78, 5) is 38.9. The van der Waals surface area contributed by atoms with Crippen LogP contribution < -0.4 is 34.1 Å². The number of hydrogen-bond acceptors (Lipinski definition) is 14. The molecule has 2 fully saturated rings. The number of aromatic nitrogens is 4. The molecule has 1 N–H and O–H groups in total. The number of alkyl halides is 1. The first-order valence-electron chi connectivity index (χ1n) is 23.7. The molecule has 1 amide bonds. The number of pyridine rings is 1. The third-order valence-electron chi connectivity index (χ3n) is 13.4. The lowest BCUT2D eigenvalue weighted by molar-refractivity contribution is 0.0636. The number of fused-ring (bicyclic) bond motifs is 2. The number of ether oxygens (including phenoxy) is 5. The summed E-state index contributed by atoms with van der Waals surface area (Å²) in [5, 5.41) is 3.27. The van der Waals surface area contributed by atoms with E-state index in [2.05, 4.69) is 26.9 Å². The van der Waals surface area contributed by atoms with E-state index < -0.39 is 35.3 Å². The summed E-state index contributed by atoms with van der Waals surface area (Å²) in [6.45, 7) is 10.1. The Morgan fingerprint density at radius 1 is 0.972 bits per heavy atom. The molecule has 18 heteroatoms. The van der Waals surface area contributed by atoms with Crippen molar-refractivity contribution in [2.75, 3.05) is 62.2 Å². The fourth-order valence-corrected chi connectivity index (χ4v) is 11.3. The lowest BCUT2D eigenvalue weighted by atomic mass is 9.95. The number of methoxy groups -OCH3 is 2. The molecule has 0 aliphatic carbocycles. The maximum atomic E-state index is 18.0. The fourth-order valence-electron chi connectivity index (χ4n) is 10.1. The molecule has 0 radical (unpaired) electrons. The molecule has 6 heterocycles. The highest BCUT2D eigenvalue weighted by Crippen LogP contribution is 2.51. The predicted molar refractivity (Wildman–Crippen MR) is 273 cm³/mol. The van der Waals surface area contributed by atoms with Gasteiger partial charge in [-0.2, -0.15) is 9.97 Å². The largest absolute Gasteiger partial charge is 0.497 e. The normalized spacial score (nSPS) is 18.2. The number of nitrogens with one attached hydrogen (secondary N) is 1. The average Bonchev–Trinajstić information content (AvgIpc) is 3.99. The Hall–Kier alpha value is -6.56. The minimum Gasteiger partial charge on any atom is -0.497 e. The highest BCUT2D eigenvalue weighted by molar-refractivity contribution is 7.22. The summed E-state index contributed by atoms with van der Waals surface area (Å²) in [6, 6.07) is 24.7. The van der Waals surface area contributed by atoms with Crippen LogP contribution in [0.1, 0.15) is 69.7 Å². The van der Waals surface area contributed by atoms with Crippen molar-refractivity contribution in [2.24, 2.45) is 0 Å². The number of rotatable bonds is 14. The molecular weight excluding hydrogens is 950 g/mol. The second-order valence-electron chi connectivity index (χ2n) is 19.2. The van der Waals surface area contributed by atoms with Crippen molar-refractivity contribution in [3.8, 4) is 34.4 Å². The van der Waals surface area contributed by atoms with E-state index in [-0.39, 0.29) is 51.6 Å². The molecule has 3 aromatic heterocycles. The Kier molecular flexibility index (Phi) is 13.2. The summed E-state index contributed by atoms with van der Waals surface area (Å²) in [5.74, 6) is 2.07. The molecule has 370 valence electrons. The number of halogens is 3. The van der Waals surface area contributed by atoms with Gasteiger partial charge in [0.05, 0.1) is 53.0 Å². The molecule has 0 spiro atoms. The lowest BCUT2D eigenvalue weighted by Crippen LogP contribution is -2.43. The molecule has 0 bridgehead atoms. The van der Waals surface area contributed by atoms with Crippen LogP contribution in [-0.2, 0) is 17.8 Å². The van der Waals surface area contributed by atoms with E-state index in [0.29, 0.717) is 54.2 Å². The first kappa shape index (κ1) is 48.1. The highest BCUT2D eigenvalue weighted by atomic mass is 35.5. The molecule has 0 saturated carbocycles. The summed E-state index contributed by atoms with van der Waals surface area (Å²) in [6.07, 6.45) is 2.15. The van der Waals surface area contributed by atoms with Crippen LogP contribution in [0.25, 0.3) is 32.2 Å². The van der Waals surface area contributed by atoms with Gasteiger partial charge in [-0.15, -0.1) is 0 Å². The van der Waals surface area contributed by atoms with E-state index in [1.165, 1.54) is 11.3 Å². The molecule has 71 heavy (non-hydrogen) atoms. The monoisotopic (exact) mass is 1000 g/mol. The third-order valence-corrected chi connectivity index (χ3v) is 14.7. The van der Waals surface area contributed by atoms with E-state index in [4.69, 9.17) is 55.2 Å². The Bertz CT molecular complexity index is 3050. The first-order chi connectivity index (χ1) is 34.2. The number of amides is 1. The maximum Gasteiger partial charge on any atom is 0.413 e. The van der Waals surface area contributed by atoms with Gasteiger partial charge in [-0.1, -0.05) is 65.4 Å². The second kappa shape index (κ2) is 19.6. The third kappa shape index (κ3) is 9.66. The molecule has 4 aromatic carbocycles. The summed E-state index contributed by atoms with van der Waals surface area (Å²) < 4.78 is 63.2. The van der Waals surface area contributed by atoms with E-state index >= 15 is 8.78 Å². The Morgan fingerprint density at radius 2 is 1.69 bits per heavy atom. The van der Waals surface area contributed by atoms with Gasteiger partial charge < -0.3 is 33.5 Å². The minimum absolute atomic E-state index is 0.0119. The molecule has 7 aromatic rings. The van der Waals surface area contributed by atoms with Crippen LogP contribution in [0.5, 0.6) is 23.3 Å². The van der Waals surface area contributed by atoms with Gasteiger partial charge in [-0.25, -0.2) is 23.5 Å². The van der Waals surface area contributed by atoms with Crippen LogP contribution >= 0.6 is 22.9 Å². The van der Waals surface area contributed by atoms with Gasteiger partial charge >= 0.3 is 12.1 Å². The Morgan fingerprint density at radius 3 is 2.38 bits per heavy atom. The second-order valence-corrected chi connectivity index (χ2v) is 20.6. The summed E-state index contributed by atoms with van der Waals surface area (Å²) in [7, 11) is 3.29. The number of nitrogens with zero attached hydrogens (tertiary/aromatic N) is 7. The Balaban J connectivity index is 1.09. The fraction of sp³-hybridized carbons (Fsp3) is 0.377. The molecule has 14 nitrogen and oxygen atoms in total. The molecular formula is C53H55ClF2N8O6S. The van der Waals surface area contributed by atoms with Crippen LogP contribution in [0.15, 0.2) is 85.1 Å². The quantitative estimate of drug-likeness (QED) is 0.111. The zero-order valence-corrected chi connectivity index (χ0v) is 42.0. The minimum atomic E-state index is -0.977. The van der Waals surface area contributed by atoms with Gasteiger partial charge in [0.1, 0.15) is 53.6 Å². The first-order valence-corrected chi connectivity index (χ1v) is 24.9. The van der Waals surface area contributed by atoms with Gasteiger partial charge in [0.25, 0.3) is 0 Å². The van der Waals surface area contributed by atoms with Crippen molar-refractivity contribution < 1.29 is 37.3 Å². The number of hydrogen-bond donors (Lipinski definition) is 1. The van der Waals surface area contributed by atoms with Gasteiger partial charge in [0.2, 0.25) is 0 Å². The lowest BCUT2D eigenvalue weighted by Gasteiger charge is -2.34. The number of para-hydroxylation sites is 1. The SMILES string of the molecule is COc1ccc(CN(Cc2ccc(OC)cc2)c2ncccc2[C@@H](C)N2CCOc3c(Cl)c(-c4cccc5sc(NC(=O)OC(C)(C)C)nc45)c(F)c4nc(OC[C@@]56CCCN5C[C@H](F)C6)nc2c34)cc1. The summed E-state index contributed by atoms with van der Waals surface area (Å²) in [5.41, 5.74) is 2.44. The standard InChI is InChI=1S/C53H55ClF2N8O6S/c1-31(37-11-8-22-57-47(37)62(27-32-13-17-35(66-5)18-14-32)28-33-15-19-36(67-6)20-16-33)64-24-25-68-46-41-45(58-49(60-48(41)64)69-30-53-21-9-23-63(53)29-34(55)26-53)43(56)40(42(46)54)38-10-7-12-39-44(38)59-50(71-39)61-51(65)70-52(2,3)4/h7-8,10-20,22,31,34H,9,21,23-30H2,1-6H3,(H,59,61,65)/t31-,34-,53+/m1/s1. The average molecular weight is 1010 g/mol. The van der Waals surface area contributed by atoms with Crippen molar-refractivity contribution in [3.63, 3.8) is 0 Å². The van der Waals surface area contributed by atoms with Crippen molar-refractivity contribution >= 4 is 66.9 Å². The maximum absolute atomic E-state index is 18.0. The van der Waals surface area contributed by atoms with Crippen LogP contribution in [0, 0.1) is 5.82 Å². The molecule has 10 rings (SSSR count). The van der Waals surface area contributed by atoms with E-state index in [1.54, 1.807) is 53.3 Å². The number of carbonyl (C=O) groups is 1. The number of thiazole rings is 1. The van der Waals surface area contributed by atoms with Crippen LogP contribution in [0.4, 0.5) is 30.3 Å². The van der Waals surface area contributed by atoms with Crippen molar-refractivity contribution in [2.45, 2.75) is 83.4 Å². The van der Waals surface area contributed by atoms with Gasteiger partial charge in [0, 0.05) is 48.9 Å². The smallest absolute Gasteiger partial charge is 0.413 e. The Labute approximate surface area is 419 Å². The van der Waals surface area contributed by atoms with Gasteiger partial charge in [-0.05, 0) is 94.6 Å². The van der Waals surface area contributed by atoms with Crippen molar-refractivity contribution in [1.82, 2.24) is 24.8 Å².